The van der Waals surface area contributed by atoms with Gasteiger partial charge in [-0.2, -0.15) is 5.10 Å². The quantitative estimate of drug-likeness (QED) is 0.228. The van der Waals surface area contributed by atoms with Gasteiger partial charge < -0.3 is 14.6 Å². The van der Waals surface area contributed by atoms with Crippen LogP contribution in [0.3, 0.4) is 0 Å². The molecule has 6 heteroatoms. The SMILES string of the molecule is O=C(O)c1ccc(N/N=C/c2ccc(OCc3ccccc3)c(OCc3ccccc3)c2)cc1. The van der Waals surface area contributed by atoms with Crippen LogP contribution in [0.5, 0.6) is 11.5 Å². The lowest BCUT2D eigenvalue weighted by Gasteiger charge is -2.14. The Morgan fingerprint density at radius 1 is 0.765 bits per heavy atom. The van der Waals surface area contributed by atoms with Crippen molar-refractivity contribution in [3.05, 3.63) is 125 Å². The van der Waals surface area contributed by atoms with Gasteiger partial charge in [-0.1, -0.05) is 60.7 Å². The fraction of sp³-hybridized carbons (Fsp3) is 0.0714. The van der Waals surface area contributed by atoms with E-state index in [1.807, 2.05) is 78.9 Å². The van der Waals surface area contributed by atoms with Gasteiger partial charge in [0.05, 0.1) is 17.5 Å². The number of nitrogens with zero attached hydrogens (tertiary/aromatic N) is 1. The van der Waals surface area contributed by atoms with Gasteiger partial charge in [-0.3, -0.25) is 5.43 Å². The van der Waals surface area contributed by atoms with E-state index in [-0.39, 0.29) is 5.56 Å². The molecule has 0 aliphatic heterocycles. The molecule has 4 rings (SSSR count). The lowest BCUT2D eigenvalue weighted by molar-refractivity contribution is 0.0697. The van der Waals surface area contributed by atoms with Gasteiger partial charge in [-0.25, -0.2) is 4.79 Å². The van der Waals surface area contributed by atoms with E-state index < -0.39 is 5.97 Å². The molecular formula is C28H24N2O4. The fourth-order valence-electron chi connectivity index (χ4n) is 3.18. The molecule has 0 bridgehead atoms. The topological polar surface area (TPSA) is 80.2 Å². The Labute approximate surface area is 198 Å². The van der Waals surface area contributed by atoms with Gasteiger partial charge in [-0.15, -0.1) is 0 Å². The van der Waals surface area contributed by atoms with E-state index in [1.54, 1.807) is 18.3 Å². The van der Waals surface area contributed by atoms with Crippen molar-refractivity contribution >= 4 is 17.9 Å². The summed E-state index contributed by atoms with van der Waals surface area (Å²) in [5, 5.41) is 13.2. The molecule has 4 aromatic carbocycles. The molecule has 0 aromatic heterocycles. The van der Waals surface area contributed by atoms with E-state index in [0.717, 1.165) is 16.7 Å². The van der Waals surface area contributed by atoms with Crippen LogP contribution in [0.1, 0.15) is 27.0 Å². The molecule has 6 nitrogen and oxygen atoms in total. The summed E-state index contributed by atoms with van der Waals surface area (Å²) in [6, 6.07) is 31.9. The lowest BCUT2D eigenvalue weighted by atomic mass is 10.2. The van der Waals surface area contributed by atoms with Crippen molar-refractivity contribution in [3.63, 3.8) is 0 Å². The number of rotatable bonds is 10. The minimum Gasteiger partial charge on any atom is -0.485 e. The molecule has 0 aliphatic rings. The Kier molecular flexibility index (Phi) is 7.54. The van der Waals surface area contributed by atoms with Gasteiger partial charge in [0.25, 0.3) is 0 Å². The Balaban J connectivity index is 1.47. The summed E-state index contributed by atoms with van der Waals surface area (Å²) in [6.07, 6.45) is 1.67. The second-order valence-electron chi connectivity index (χ2n) is 7.51. The molecule has 0 saturated heterocycles. The van der Waals surface area contributed by atoms with Crippen LogP contribution in [0.15, 0.2) is 108 Å². The van der Waals surface area contributed by atoms with E-state index in [4.69, 9.17) is 14.6 Å². The minimum absolute atomic E-state index is 0.223. The normalized spacial score (nSPS) is 10.7. The molecule has 34 heavy (non-hydrogen) atoms. The molecule has 0 spiro atoms. The average Bonchev–Trinajstić information content (AvgIpc) is 2.88. The molecule has 0 atom stereocenters. The van der Waals surface area contributed by atoms with Crippen molar-refractivity contribution in [2.24, 2.45) is 5.10 Å². The van der Waals surface area contributed by atoms with Gasteiger partial charge in [0.15, 0.2) is 11.5 Å². The summed E-state index contributed by atoms with van der Waals surface area (Å²) in [6.45, 7) is 0.848. The number of ether oxygens (including phenoxy) is 2. The predicted molar refractivity (Wildman–Crippen MR) is 133 cm³/mol. The third-order valence-corrected chi connectivity index (χ3v) is 4.98. The summed E-state index contributed by atoms with van der Waals surface area (Å²) in [5.74, 6) is 0.302. The van der Waals surface area contributed by atoms with Crippen molar-refractivity contribution in [2.75, 3.05) is 5.43 Å². The number of benzene rings is 4. The molecular weight excluding hydrogens is 428 g/mol. The van der Waals surface area contributed by atoms with Crippen LogP contribution in [0.25, 0.3) is 0 Å². The highest BCUT2D eigenvalue weighted by atomic mass is 16.5. The highest BCUT2D eigenvalue weighted by Gasteiger charge is 2.08. The maximum Gasteiger partial charge on any atom is 0.335 e. The molecule has 2 N–H and O–H groups in total. The summed E-state index contributed by atoms with van der Waals surface area (Å²) >= 11 is 0. The van der Waals surface area contributed by atoms with Gasteiger partial charge >= 0.3 is 5.97 Å². The second-order valence-corrected chi connectivity index (χ2v) is 7.51. The van der Waals surface area contributed by atoms with Crippen LogP contribution in [-0.4, -0.2) is 17.3 Å². The second kappa shape index (κ2) is 11.3. The van der Waals surface area contributed by atoms with Crippen molar-refractivity contribution in [1.29, 1.82) is 0 Å². The molecule has 0 unspecified atom stereocenters. The van der Waals surface area contributed by atoms with E-state index in [2.05, 4.69) is 10.5 Å². The van der Waals surface area contributed by atoms with Gasteiger partial charge in [0.2, 0.25) is 0 Å². The van der Waals surface area contributed by atoms with E-state index >= 15 is 0 Å². The Hall–Kier alpha value is -4.58. The first-order valence-electron chi connectivity index (χ1n) is 10.8. The first kappa shape index (κ1) is 22.6. The van der Waals surface area contributed by atoms with Crippen molar-refractivity contribution in [1.82, 2.24) is 0 Å². The molecule has 0 fully saturated rings. The highest BCUT2D eigenvalue weighted by Crippen LogP contribution is 2.30. The largest absolute Gasteiger partial charge is 0.485 e. The smallest absolute Gasteiger partial charge is 0.335 e. The molecule has 0 heterocycles. The maximum atomic E-state index is 11.0. The van der Waals surface area contributed by atoms with Crippen LogP contribution in [0, 0.1) is 0 Å². The number of carboxylic acids is 1. The van der Waals surface area contributed by atoms with Crippen molar-refractivity contribution < 1.29 is 19.4 Å². The molecule has 0 saturated carbocycles. The zero-order chi connectivity index (χ0) is 23.6. The van der Waals surface area contributed by atoms with E-state index in [9.17, 15) is 4.79 Å². The van der Waals surface area contributed by atoms with Crippen LogP contribution in [-0.2, 0) is 13.2 Å². The van der Waals surface area contributed by atoms with Crippen LogP contribution < -0.4 is 14.9 Å². The number of hydrogen-bond acceptors (Lipinski definition) is 5. The van der Waals surface area contributed by atoms with E-state index in [1.165, 1.54) is 12.1 Å². The first-order chi connectivity index (χ1) is 16.7. The van der Waals surface area contributed by atoms with Gasteiger partial charge in [-0.05, 0) is 59.2 Å². The molecule has 0 amide bonds. The zero-order valence-corrected chi connectivity index (χ0v) is 18.4. The van der Waals surface area contributed by atoms with Gasteiger partial charge in [0, 0.05) is 0 Å². The van der Waals surface area contributed by atoms with Crippen LogP contribution in [0.2, 0.25) is 0 Å². The summed E-state index contributed by atoms with van der Waals surface area (Å²) in [7, 11) is 0. The fourth-order valence-corrected chi connectivity index (χ4v) is 3.18. The predicted octanol–water partition coefficient (Wildman–Crippen LogP) is 5.99. The standard InChI is InChI=1S/C28H24N2O4/c31-28(32)24-12-14-25(15-13-24)30-29-18-23-11-16-26(33-19-21-7-3-1-4-8-21)27(17-23)34-20-22-9-5-2-6-10-22/h1-18,30H,19-20H2,(H,31,32)/b29-18+. The lowest BCUT2D eigenvalue weighted by Crippen LogP contribution is -2.01. The highest BCUT2D eigenvalue weighted by molar-refractivity contribution is 5.88. The minimum atomic E-state index is -0.965. The Morgan fingerprint density at radius 3 is 1.94 bits per heavy atom. The van der Waals surface area contributed by atoms with Crippen molar-refractivity contribution in [2.45, 2.75) is 13.2 Å². The Morgan fingerprint density at radius 2 is 1.35 bits per heavy atom. The molecule has 4 aromatic rings. The van der Waals surface area contributed by atoms with E-state index in [0.29, 0.717) is 30.4 Å². The number of carbonyl (C=O) groups is 1. The number of aromatic carboxylic acids is 1. The first-order valence-corrected chi connectivity index (χ1v) is 10.8. The molecule has 0 radical (unpaired) electrons. The van der Waals surface area contributed by atoms with Crippen LogP contribution >= 0.6 is 0 Å². The van der Waals surface area contributed by atoms with Crippen LogP contribution in [0.4, 0.5) is 5.69 Å². The summed E-state index contributed by atoms with van der Waals surface area (Å²) in [5.41, 5.74) is 6.76. The number of anilines is 1. The van der Waals surface area contributed by atoms with Crippen molar-refractivity contribution in [3.8, 4) is 11.5 Å². The zero-order valence-electron chi connectivity index (χ0n) is 18.4. The third-order valence-electron chi connectivity index (χ3n) is 4.98. The third kappa shape index (κ3) is 6.46. The number of hydrazone groups is 1. The number of nitrogens with one attached hydrogen (secondary N) is 1. The summed E-state index contributed by atoms with van der Waals surface area (Å²) in [4.78, 5) is 11.0. The maximum absolute atomic E-state index is 11.0. The average molecular weight is 453 g/mol. The number of hydrogen-bond donors (Lipinski definition) is 2. The monoisotopic (exact) mass is 452 g/mol. The molecule has 170 valence electrons. The summed E-state index contributed by atoms with van der Waals surface area (Å²) < 4.78 is 12.1. The Bertz CT molecular complexity index is 1240. The number of carboxylic acid groups (broad SMARTS) is 1. The van der Waals surface area contributed by atoms with Gasteiger partial charge in [0.1, 0.15) is 13.2 Å². The molecule has 0 aliphatic carbocycles.